The summed E-state index contributed by atoms with van der Waals surface area (Å²) in [4.78, 5) is 27.3. The van der Waals surface area contributed by atoms with E-state index in [-0.39, 0.29) is 24.5 Å². The van der Waals surface area contributed by atoms with Gasteiger partial charge in [0.1, 0.15) is 5.76 Å². The highest BCUT2D eigenvalue weighted by molar-refractivity contribution is 9.10. The van der Waals surface area contributed by atoms with E-state index < -0.39 is 17.7 Å². The van der Waals surface area contributed by atoms with Crippen LogP contribution in [-0.2, 0) is 14.3 Å². The van der Waals surface area contributed by atoms with Crippen molar-refractivity contribution in [3.05, 3.63) is 63.1 Å². The Morgan fingerprint density at radius 2 is 1.77 bits per heavy atom. The van der Waals surface area contributed by atoms with Gasteiger partial charge in [-0.05, 0) is 42.3 Å². The lowest BCUT2D eigenvalue weighted by atomic mass is 9.94. The molecule has 8 heteroatoms. The molecule has 31 heavy (non-hydrogen) atoms. The van der Waals surface area contributed by atoms with Crippen LogP contribution in [0.1, 0.15) is 22.7 Å². The first-order chi connectivity index (χ1) is 14.8. The van der Waals surface area contributed by atoms with E-state index in [1.165, 1.54) is 26.2 Å². The molecule has 1 atom stereocenters. The number of ketones is 1. The molecule has 1 unspecified atom stereocenters. The van der Waals surface area contributed by atoms with E-state index in [1.807, 2.05) is 6.92 Å². The predicted octanol–water partition coefficient (Wildman–Crippen LogP) is 3.84. The zero-order valence-corrected chi connectivity index (χ0v) is 19.4. The number of ether oxygens (including phenoxy) is 3. The largest absolute Gasteiger partial charge is 0.507 e. The fourth-order valence-corrected chi connectivity index (χ4v) is 3.86. The maximum absolute atomic E-state index is 13.0. The molecular weight excluding hydrogens is 466 g/mol. The van der Waals surface area contributed by atoms with Crippen LogP contribution >= 0.6 is 15.9 Å². The Hall–Kier alpha value is -2.84. The number of nitrogens with zero attached hydrogens (tertiary/aromatic N) is 1. The normalized spacial score (nSPS) is 17.8. The van der Waals surface area contributed by atoms with Crippen LogP contribution in [0.15, 0.2) is 46.4 Å². The average molecular weight is 490 g/mol. The van der Waals surface area contributed by atoms with E-state index in [9.17, 15) is 14.7 Å². The molecule has 3 rings (SSSR count). The van der Waals surface area contributed by atoms with Crippen molar-refractivity contribution in [1.29, 1.82) is 0 Å². The molecule has 1 aliphatic rings. The average Bonchev–Trinajstić information content (AvgIpc) is 3.03. The number of Topliss-reactive ketones (excluding diaryl/α,β-unsaturated/α-hetero) is 1. The number of aryl methyl sites for hydroxylation is 1. The summed E-state index contributed by atoms with van der Waals surface area (Å²) in [7, 11) is 4.55. The third-order valence-corrected chi connectivity index (χ3v) is 6.12. The summed E-state index contributed by atoms with van der Waals surface area (Å²) in [6.07, 6.45) is 0. The third-order valence-electron chi connectivity index (χ3n) is 5.23. The van der Waals surface area contributed by atoms with Crippen molar-refractivity contribution < 1.29 is 28.9 Å². The molecule has 0 saturated carbocycles. The molecule has 7 nitrogen and oxygen atoms in total. The molecule has 1 saturated heterocycles. The number of carbonyl (C=O) groups is 2. The summed E-state index contributed by atoms with van der Waals surface area (Å²) in [5.41, 5.74) is 1.98. The summed E-state index contributed by atoms with van der Waals surface area (Å²) >= 11 is 3.43. The molecule has 0 spiro atoms. The van der Waals surface area contributed by atoms with E-state index in [0.717, 1.165) is 10.0 Å². The number of amides is 1. The van der Waals surface area contributed by atoms with E-state index >= 15 is 0 Å². The Labute approximate surface area is 189 Å². The van der Waals surface area contributed by atoms with Gasteiger partial charge >= 0.3 is 0 Å². The second-order valence-corrected chi connectivity index (χ2v) is 7.92. The minimum Gasteiger partial charge on any atom is -0.507 e. The first-order valence-electron chi connectivity index (χ1n) is 9.59. The third kappa shape index (κ3) is 4.31. The second kappa shape index (κ2) is 9.53. The molecule has 1 aliphatic heterocycles. The number of benzene rings is 2. The lowest BCUT2D eigenvalue weighted by molar-refractivity contribution is -0.140. The minimum absolute atomic E-state index is 0.0232. The van der Waals surface area contributed by atoms with E-state index in [4.69, 9.17) is 14.2 Å². The molecule has 1 heterocycles. The van der Waals surface area contributed by atoms with Crippen LogP contribution in [0, 0.1) is 6.92 Å². The fourth-order valence-electron chi connectivity index (χ4n) is 3.62. The summed E-state index contributed by atoms with van der Waals surface area (Å²) < 4.78 is 16.7. The first kappa shape index (κ1) is 22.8. The maximum Gasteiger partial charge on any atom is 0.295 e. The lowest BCUT2D eigenvalue weighted by Crippen LogP contribution is -2.32. The Morgan fingerprint density at radius 1 is 1.06 bits per heavy atom. The highest BCUT2D eigenvalue weighted by atomic mass is 79.9. The Bertz CT molecular complexity index is 1050. The number of hydrogen-bond donors (Lipinski definition) is 1. The van der Waals surface area contributed by atoms with Gasteiger partial charge in [-0.25, -0.2) is 0 Å². The topological polar surface area (TPSA) is 85.3 Å². The van der Waals surface area contributed by atoms with Crippen LogP contribution in [0.4, 0.5) is 0 Å². The number of halogens is 1. The molecule has 2 aromatic carbocycles. The highest BCUT2D eigenvalue weighted by Crippen LogP contribution is 2.42. The van der Waals surface area contributed by atoms with Crippen molar-refractivity contribution in [2.45, 2.75) is 13.0 Å². The van der Waals surface area contributed by atoms with Gasteiger partial charge in [0.25, 0.3) is 11.7 Å². The number of hydrogen-bond acceptors (Lipinski definition) is 6. The summed E-state index contributed by atoms with van der Waals surface area (Å²) in [5, 5.41) is 11.1. The highest BCUT2D eigenvalue weighted by Gasteiger charge is 2.46. The van der Waals surface area contributed by atoms with Crippen LogP contribution in [0.2, 0.25) is 0 Å². The van der Waals surface area contributed by atoms with Crippen molar-refractivity contribution in [1.82, 2.24) is 4.90 Å². The molecule has 1 fully saturated rings. The van der Waals surface area contributed by atoms with E-state index in [2.05, 4.69) is 15.9 Å². The predicted molar refractivity (Wildman–Crippen MR) is 119 cm³/mol. The van der Waals surface area contributed by atoms with Gasteiger partial charge < -0.3 is 24.2 Å². The number of aliphatic hydroxyl groups is 1. The number of methoxy groups -OCH3 is 3. The van der Waals surface area contributed by atoms with Crippen LogP contribution in [-0.4, -0.2) is 56.2 Å². The smallest absolute Gasteiger partial charge is 0.295 e. The first-order valence-corrected chi connectivity index (χ1v) is 10.4. The summed E-state index contributed by atoms with van der Waals surface area (Å²) in [6.45, 7) is 2.31. The van der Waals surface area contributed by atoms with Crippen molar-refractivity contribution in [3.8, 4) is 11.5 Å². The van der Waals surface area contributed by atoms with Crippen LogP contribution < -0.4 is 9.47 Å². The van der Waals surface area contributed by atoms with Crippen molar-refractivity contribution in [2.24, 2.45) is 0 Å². The van der Waals surface area contributed by atoms with E-state index in [1.54, 1.807) is 36.4 Å². The quantitative estimate of drug-likeness (QED) is 0.361. The van der Waals surface area contributed by atoms with Gasteiger partial charge in [0.15, 0.2) is 11.5 Å². The van der Waals surface area contributed by atoms with E-state index in [0.29, 0.717) is 22.6 Å². The number of aliphatic hydroxyl groups excluding tert-OH is 1. The molecule has 164 valence electrons. The zero-order valence-electron chi connectivity index (χ0n) is 17.8. The van der Waals surface area contributed by atoms with Gasteiger partial charge in [-0.2, -0.15) is 0 Å². The Balaban J connectivity index is 2.21. The summed E-state index contributed by atoms with van der Waals surface area (Å²) in [5.74, 6) is -0.685. The van der Waals surface area contributed by atoms with Gasteiger partial charge in [0.05, 0.1) is 32.4 Å². The maximum atomic E-state index is 13.0. The van der Waals surface area contributed by atoms with Crippen LogP contribution in [0.5, 0.6) is 11.5 Å². The van der Waals surface area contributed by atoms with Crippen molar-refractivity contribution in [3.63, 3.8) is 0 Å². The lowest BCUT2D eigenvalue weighted by Gasteiger charge is -2.25. The number of carbonyl (C=O) groups excluding carboxylic acids is 2. The molecule has 1 amide bonds. The van der Waals surface area contributed by atoms with Gasteiger partial charge in [-0.15, -0.1) is 0 Å². The van der Waals surface area contributed by atoms with Crippen molar-refractivity contribution >= 4 is 33.4 Å². The standard InChI is InChI=1S/C23H24BrNO6/c1-13-11-15(5-7-16(13)24)21(26)19-20(25(9-10-29-2)23(28)22(19)27)14-6-8-17(30-3)18(12-14)31-4/h5-8,11-12,20,26H,9-10H2,1-4H3/b21-19-. The van der Waals surface area contributed by atoms with Crippen molar-refractivity contribution in [2.75, 3.05) is 34.5 Å². The minimum atomic E-state index is -0.793. The monoisotopic (exact) mass is 489 g/mol. The Morgan fingerprint density at radius 3 is 2.39 bits per heavy atom. The van der Waals surface area contributed by atoms with Gasteiger partial charge in [0, 0.05) is 23.7 Å². The molecule has 1 N–H and O–H groups in total. The Kier molecular flexibility index (Phi) is 7.02. The molecule has 0 bridgehead atoms. The number of likely N-dealkylation sites (tertiary alicyclic amines) is 1. The molecule has 0 aliphatic carbocycles. The summed E-state index contributed by atoms with van der Waals surface area (Å²) in [6, 6.07) is 9.60. The molecule has 2 aromatic rings. The van der Waals surface area contributed by atoms with Gasteiger partial charge in [-0.3, -0.25) is 9.59 Å². The SMILES string of the molecule is COCCN1C(=O)C(=O)/C(=C(\O)c2ccc(Br)c(C)c2)C1c1ccc(OC)c(OC)c1. The van der Waals surface area contributed by atoms with Crippen LogP contribution in [0.25, 0.3) is 5.76 Å². The second-order valence-electron chi connectivity index (χ2n) is 7.06. The zero-order chi connectivity index (χ0) is 22.7. The molecule has 0 aromatic heterocycles. The van der Waals surface area contributed by atoms with Gasteiger partial charge in [0.2, 0.25) is 0 Å². The fraction of sp³-hybridized carbons (Fsp3) is 0.304. The molecular formula is C23H24BrNO6. The van der Waals surface area contributed by atoms with Crippen LogP contribution in [0.3, 0.4) is 0 Å². The number of rotatable bonds is 7. The molecule has 0 radical (unpaired) electrons. The van der Waals surface area contributed by atoms with Gasteiger partial charge in [-0.1, -0.05) is 28.1 Å².